The van der Waals surface area contributed by atoms with Crippen LogP contribution in [0.1, 0.15) is 24.4 Å². The second-order valence-corrected chi connectivity index (χ2v) is 12.9. The molecule has 0 spiro atoms. The maximum absolute atomic E-state index is 14.2. The van der Waals surface area contributed by atoms with Gasteiger partial charge in [-0.15, -0.1) is 5.10 Å². The van der Waals surface area contributed by atoms with Crippen LogP contribution >= 0.6 is 39.1 Å². The summed E-state index contributed by atoms with van der Waals surface area (Å²) in [7, 11) is 3.39. The van der Waals surface area contributed by atoms with Crippen molar-refractivity contribution in [1.29, 1.82) is 0 Å². The fraction of sp³-hybridized carbons (Fsp3) is 0.355. The summed E-state index contributed by atoms with van der Waals surface area (Å²) >= 11 is 14.6. The van der Waals surface area contributed by atoms with Crippen molar-refractivity contribution in [3.8, 4) is 23.5 Å². The van der Waals surface area contributed by atoms with Crippen LogP contribution in [0.15, 0.2) is 53.5 Å². The first kappa shape index (κ1) is 33.0. The second-order valence-electron chi connectivity index (χ2n) is 11.4. The van der Waals surface area contributed by atoms with Crippen LogP contribution in [0, 0.1) is 36.3 Å². The first-order valence-corrected chi connectivity index (χ1v) is 16.3. The number of rotatable bonds is 7. The summed E-state index contributed by atoms with van der Waals surface area (Å²) in [6, 6.07) is 11.6. The Hall–Kier alpha value is -3.88. The molecule has 4 heterocycles. The van der Waals surface area contributed by atoms with E-state index in [0.29, 0.717) is 22.5 Å². The number of hydrogen-bond acceptors (Lipinski definition) is 9. The first-order valence-electron chi connectivity index (χ1n) is 14.8. The van der Waals surface area contributed by atoms with E-state index in [1.54, 1.807) is 37.2 Å². The van der Waals surface area contributed by atoms with Gasteiger partial charge in [0.05, 0.1) is 10.0 Å². The third kappa shape index (κ3) is 7.49. The number of halogens is 5. The standard InChI is InChI=1S/C22H24ClFN6O.C9H6BrClFN3O/c1-13-8-20(26-12-25-13)30-10-14-6-7-15(11-30)16(14)9-19-27-22(29(2)28-19)31-18-5-3-4-17(23)21(18)24;1-15-9(13-8(10)14-15)16-6-4-2-3-5(11)7(6)12/h3-5,8,12,14-16H,6-7,9-11H2,1-2H3;2-4H,1H3/t14-,15+,16?;. The van der Waals surface area contributed by atoms with E-state index in [4.69, 9.17) is 32.7 Å². The average Bonchev–Trinajstić information content (AvgIpc) is 3.62. The van der Waals surface area contributed by atoms with Crippen molar-refractivity contribution >= 4 is 44.9 Å². The molecule has 2 aromatic carbocycles. The fourth-order valence-corrected chi connectivity index (χ4v) is 6.75. The predicted octanol–water partition coefficient (Wildman–Crippen LogP) is 7.37. The number of aryl methyl sites for hydroxylation is 3. The van der Waals surface area contributed by atoms with E-state index in [2.05, 4.69) is 57.0 Å². The van der Waals surface area contributed by atoms with Crippen LogP contribution in [0.3, 0.4) is 0 Å². The molecule has 3 atom stereocenters. The first-order chi connectivity index (χ1) is 22.5. The molecule has 1 saturated heterocycles. The highest BCUT2D eigenvalue weighted by Crippen LogP contribution is 2.44. The lowest BCUT2D eigenvalue weighted by Gasteiger charge is -2.38. The van der Waals surface area contributed by atoms with Gasteiger partial charge in [-0.2, -0.15) is 15.1 Å². The lowest BCUT2D eigenvalue weighted by Crippen LogP contribution is -2.43. The molecule has 1 aliphatic carbocycles. The molecule has 11 nitrogen and oxygen atoms in total. The van der Waals surface area contributed by atoms with Gasteiger partial charge in [-0.3, -0.25) is 0 Å². The SMILES string of the molecule is Cc1cc(N2C[C@H]3CC[C@@H](C2)C3Cc2nc(Oc3cccc(Cl)c3F)n(C)n2)ncn1.Cn1nc(Br)nc1Oc1cccc(Cl)c1F. The molecular formula is C31H30BrCl2F2N9O2. The zero-order valence-corrected chi connectivity index (χ0v) is 28.7. The lowest BCUT2D eigenvalue weighted by molar-refractivity contribution is 0.264. The number of aromatic nitrogens is 8. The smallest absolute Gasteiger partial charge is 0.321 e. The molecule has 47 heavy (non-hydrogen) atoms. The van der Waals surface area contributed by atoms with Gasteiger partial charge in [-0.25, -0.2) is 28.1 Å². The molecule has 16 heteroatoms. The third-order valence-electron chi connectivity index (χ3n) is 8.26. The molecule has 0 N–H and O–H groups in total. The number of nitrogens with zero attached hydrogens (tertiary/aromatic N) is 9. The van der Waals surface area contributed by atoms with Crippen molar-refractivity contribution in [2.45, 2.75) is 26.2 Å². The average molecular weight is 749 g/mol. The van der Waals surface area contributed by atoms with E-state index in [1.165, 1.54) is 41.8 Å². The Morgan fingerprint density at radius 2 is 1.43 bits per heavy atom. The molecule has 0 radical (unpaired) electrons. The van der Waals surface area contributed by atoms with Gasteiger partial charge in [0.15, 0.2) is 29.0 Å². The van der Waals surface area contributed by atoms with Gasteiger partial charge in [-0.05, 0) is 77.7 Å². The second kappa shape index (κ2) is 14.1. The zero-order valence-electron chi connectivity index (χ0n) is 25.6. The van der Waals surface area contributed by atoms with E-state index in [1.807, 2.05) is 6.92 Å². The number of piperidine rings is 1. The zero-order chi connectivity index (χ0) is 33.2. The largest absolute Gasteiger partial charge is 0.421 e. The van der Waals surface area contributed by atoms with Crippen LogP contribution in [0.2, 0.25) is 10.0 Å². The molecule has 3 aromatic heterocycles. The van der Waals surface area contributed by atoms with Crippen molar-refractivity contribution in [2.75, 3.05) is 18.0 Å². The maximum Gasteiger partial charge on any atom is 0.321 e. The highest BCUT2D eigenvalue weighted by Gasteiger charge is 2.42. The minimum atomic E-state index is -0.622. The predicted molar refractivity (Wildman–Crippen MR) is 175 cm³/mol. The summed E-state index contributed by atoms with van der Waals surface area (Å²) in [6.45, 7) is 3.97. The molecule has 1 aliphatic heterocycles. The van der Waals surface area contributed by atoms with Crippen molar-refractivity contribution in [3.05, 3.63) is 86.7 Å². The topological polar surface area (TPSA) is 109 Å². The highest BCUT2D eigenvalue weighted by molar-refractivity contribution is 9.10. The van der Waals surface area contributed by atoms with Crippen LogP contribution in [0.25, 0.3) is 0 Å². The third-order valence-corrected chi connectivity index (χ3v) is 9.18. The molecular weight excluding hydrogens is 719 g/mol. The molecule has 2 bridgehead atoms. The van der Waals surface area contributed by atoms with Crippen molar-refractivity contribution in [3.63, 3.8) is 0 Å². The molecule has 5 aromatic rings. The van der Waals surface area contributed by atoms with Crippen LogP contribution < -0.4 is 14.4 Å². The molecule has 2 fully saturated rings. The van der Waals surface area contributed by atoms with E-state index in [0.717, 1.165) is 36.8 Å². The summed E-state index contributed by atoms with van der Waals surface area (Å²) in [6.07, 6.45) is 4.85. The highest BCUT2D eigenvalue weighted by atomic mass is 79.9. The van der Waals surface area contributed by atoms with Crippen LogP contribution in [0.4, 0.5) is 14.6 Å². The quantitative estimate of drug-likeness (QED) is 0.169. The van der Waals surface area contributed by atoms with Gasteiger partial charge < -0.3 is 14.4 Å². The minimum absolute atomic E-state index is 0.00117. The van der Waals surface area contributed by atoms with Crippen LogP contribution in [-0.4, -0.2) is 52.6 Å². The Morgan fingerprint density at radius 1 is 0.851 bits per heavy atom. The monoisotopic (exact) mass is 747 g/mol. The Labute approximate surface area is 288 Å². The number of fused-ring (bicyclic) bond motifs is 2. The normalized spacial score (nSPS) is 18.6. The number of benzene rings is 2. The van der Waals surface area contributed by atoms with Crippen molar-refractivity contribution in [2.24, 2.45) is 31.8 Å². The van der Waals surface area contributed by atoms with E-state index < -0.39 is 11.6 Å². The summed E-state index contributed by atoms with van der Waals surface area (Å²) in [5, 5.41) is 8.45. The molecule has 0 amide bonds. The van der Waals surface area contributed by atoms with Gasteiger partial charge in [0.2, 0.25) is 4.73 Å². The summed E-state index contributed by atoms with van der Waals surface area (Å²) < 4.78 is 41.9. The molecule has 7 rings (SSSR count). The van der Waals surface area contributed by atoms with Gasteiger partial charge in [0.25, 0.3) is 0 Å². The van der Waals surface area contributed by atoms with Crippen LogP contribution in [-0.2, 0) is 20.5 Å². The summed E-state index contributed by atoms with van der Waals surface area (Å²) in [5.41, 5.74) is 0.987. The van der Waals surface area contributed by atoms with E-state index in [-0.39, 0.29) is 33.6 Å². The molecule has 1 saturated carbocycles. The van der Waals surface area contributed by atoms with Gasteiger partial charge >= 0.3 is 12.0 Å². The molecule has 246 valence electrons. The summed E-state index contributed by atoms with van der Waals surface area (Å²) in [5.74, 6) is 2.25. The van der Waals surface area contributed by atoms with Crippen molar-refractivity contribution in [1.82, 2.24) is 39.5 Å². The minimum Gasteiger partial charge on any atom is -0.421 e. The summed E-state index contributed by atoms with van der Waals surface area (Å²) in [4.78, 5) is 19.5. The maximum atomic E-state index is 14.2. The van der Waals surface area contributed by atoms with Gasteiger partial charge in [-0.1, -0.05) is 35.3 Å². The molecule has 2 aliphatic rings. The number of anilines is 1. The van der Waals surface area contributed by atoms with Gasteiger partial charge in [0, 0.05) is 45.4 Å². The van der Waals surface area contributed by atoms with Gasteiger partial charge in [0.1, 0.15) is 12.1 Å². The Balaban J connectivity index is 0.000000203. The van der Waals surface area contributed by atoms with Crippen LogP contribution in [0.5, 0.6) is 23.5 Å². The van der Waals surface area contributed by atoms with E-state index >= 15 is 0 Å². The number of ether oxygens (including phenoxy) is 2. The van der Waals surface area contributed by atoms with E-state index in [9.17, 15) is 8.78 Å². The number of hydrogen-bond donors (Lipinski definition) is 0. The Bertz CT molecular complexity index is 1880. The molecule has 1 unspecified atom stereocenters. The fourth-order valence-electron chi connectivity index (χ4n) is 6.03. The van der Waals surface area contributed by atoms with Crippen molar-refractivity contribution < 1.29 is 18.3 Å². The lowest BCUT2D eigenvalue weighted by atomic mass is 9.82. The Kier molecular flexibility index (Phi) is 9.90. The Morgan fingerprint density at radius 3 is 1.98 bits per heavy atom.